The van der Waals surface area contributed by atoms with E-state index in [-0.39, 0.29) is 11.4 Å². The van der Waals surface area contributed by atoms with Gasteiger partial charge < -0.3 is 24.5 Å². The lowest BCUT2D eigenvalue weighted by atomic mass is 9.99. The van der Waals surface area contributed by atoms with Gasteiger partial charge in [-0.15, -0.1) is 0 Å². The molecule has 1 aliphatic rings. The Morgan fingerprint density at radius 3 is 2.45 bits per heavy atom. The Hall–Kier alpha value is -3.48. The van der Waals surface area contributed by atoms with Gasteiger partial charge in [-0.1, -0.05) is 0 Å². The van der Waals surface area contributed by atoms with Crippen LogP contribution in [0.1, 0.15) is 46.4 Å². The second kappa shape index (κ2) is 11.9. The summed E-state index contributed by atoms with van der Waals surface area (Å²) < 4.78 is 40.7. The predicted molar refractivity (Wildman–Crippen MR) is 150 cm³/mol. The number of fused-ring (bicyclic) bond motifs is 1. The van der Waals surface area contributed by atoms with Crippen LogP contribution in [0.5, 0.6) is 0 Å². The van der Waals surface area contributed by atoms with Crippen molar-refractivity contribution < 1.29 is 32.6 Å². The Balaban J connectivity index is 1.61. The molecule has 0 atom stereocenters. The number of hydrogen-bond donors (Lipinski definition) is 2. The van der Waals surface area contributed by atoms with Crippen LogP contribution in [0.15, 0.2) is 47.4 Å². The third-order valence-electron chi connectivity index (χ3n) is 6.77. The molecule has 11 nitrogen and oxygen atoms in total. The monoisotopic (exact) mass is 572 g/mol. The van der Waals surface area contributed by atoms with Gasteiger partial charge in [-0.25, -0.2) is 13.4 Å². The van der Waals surface area contributed by atoms with Crippen molar-refractivity contribution in [2.24, 2.45) is 5.92 Å². The summed E-state index contributed by atoms with van der Waals surface area (Å²) in [5, 5.41) is 13.4. The number of aliphatic hydroxyl groups is 1. The first-order valence-corrected chi connectivity index (χ1v) is 14.7. The van der Waals surface area contributed by atoms with E-state index in [1.807, 2.05) is 10.6 Å². The third-order valence-corrected chi connectivity index (χ3v) is 8.69. The van der Waals surface area contributed by atoms with Gasteiger partial charge in [0.15, 0.2) is 6.61 Å². The number of nitrogens with zero attached hydrogens (tertiary/aromatic N) is 3. The molecule has 1 fully saturated rings. The molecule has 3 aromatic rings. The summed E-state index contributed by atoms with van der Waals surface area (Å²) in [5.74, 6) is -0.176. The smallest absolute Gasteiger partial charge is 0.303 e. The van der Waals surface area contributed by atoms with Crippen molar-refractivity contribution in [3.8, 4) is 0 Å². The van der Waals surface area contributed by atoms with Crippen LogP contribution in [0, 0.1) is 5.92 Å². The van der Waals surface area contributed by atoms with Crippen LogP contribution >= 0.6 is 0 Å². The molecule has 0 spiro atoms. The largest absolute Gasteiger partial charge is 0.456 e. The van der Waals surface area contributed by atoms with Gasteiger partial charge in [-0.2, -0.15) is 0 Å². The first-order chi connectivity index (χ1) is 18.9. The standard InChI is InChI=1S/C28H36N4O7S/c1-5-32(40(36,37)23-9-6-21(7-10-23)29-26(34)18-39-19(2)33)22-8-11-25-24(16-22)30-27(28(3,4)35)31(25)17-20-12-14-38-15-13-20/h6-11,16,20,35H,5,12-15,17-18H2,1-4H3,(H,29,34). The molecule has 1 saturated heterocycles. The topological polar surface area (TPSA) is 140 Å². The maximum absolute atomic E-state index is 13.6. The Morgan fingerprint density at radius 1 is 1.18 bits per heavy atom. The Kier molecular flexibility index (Phi) is 8.81. The normalized spacial score (nSPS) is 14.7. The summed E-state index contributed by atoms with van der Waals surface area (Å²) in [7, 11) is -3.94. The fourth-order valence-electron chi connectivity index (χ4n) is 4.81. The summed E-state index contributed by atoms with van der Waals surface area (Å²) in [6.45, 7) is 8.21. The van der Waals surface area contributed by atoms with E-state index in [1.165, 1.54) is 35.5 Å². The predicted octanol–water partition coefficient (Wildman–Crippen LogP) is 3.41. The second-order valence-electron chi connectivity index (χ2n) is 10.4. The Bertz CT molecular complexity index is 1470. The Labute approximate surface area is 234 Å². The summed E-state index contributed by atoms with van der Waals surface area (Å²) in [4.78, 5) is 27.6. The van der Waals surface area contributed by atoms with Crippen LogP contribution in [0.25, 0.3) is 11.0 Å². The van der Waals surface area contributed by atoms with E-state index in [0.717, 1.165) is 18.4 Å². The number of aromatic nitrogens is 2. The fourth-order valence-corrected chi connectivity index (χ4v) is 6.27. The van der Waals surface area contributed by atoms with E-state index in [0.29, 0.717) is 48.4 Å². The summed E-state index contributed by atoms with van der Waals surface area (Å²) in [5.41, 5.74) is 1.06. The van der Waals surface area contributed by atoms with Gasteiger partial charge in [0.2, 0.25) is 0 Å². The number of benzene rings is 2. The van der Waals surface area contributed by atoms with Crippen molar-refractivity contribution in [1.82, 2.24) is 9.55 Å². The number of carbonyl (C=O) groups excluding carboxylic acids is 2. The molecule has 0 radical (unpaired) electrons. The van der Waals surface area contributed by atoms with E-state index in [9.17, 15) is 23.1 Å². The van der Waals surface area contributed by atoms with Crippen molar-refractivity contribution in [2.75, 3.05) is 36.0 Å². The van der Waals surface area contributed by atoms with Crippen LogP contribution < -0.4 is 9.62 Å². The molecule has 0 aliphatic carbocycles. The van der Waals surface area contributed by atoms with Crippen molar-refractivity contribution in [3.63, 3.8) is 0 Å². The molecule has 1 aromatic heterocycles. The molecule has 0 saturated carbocycles. The number of imidazole rings is 1. The van der Waals surface area contributed by atoms with E-state index in [4.69, 9.17) is 9.72 Å². The molecule has 12 heteroatoms. The lowest BCUT2D eigenvalue weighted by Crippen LogP contribution is -2.30. The van der Waals surface area contributed by atoms with E-state index in [2.05, 4.69) is 10.1 Å². The van der Waals surface area contributed by atoms with Crippen LogP contribution in [-0.2, 0) is 41.2 Å². The number of nitrogens with one attached hydrogen (secondary N) is 1. The highest BCUT2D eigenvalue weighted by molar-refractivity contribution is 7.92. The third kappa shape index (κ3) is 6.62. The zero-order valence-electron chi connectivity index (χ0n) is 23.2. The number of rotatable bonds is 10. The van der Waals surface area contributed by atoms with Crippen molar-refractivity contribution in [1.29, 1.82) is 0 Å². The number of amides is 1. The molecular formula is C28H36N4O7S. The van der Waals surface area contributed by atoms with E-state index < -0.39 is 34.1 Å². The van der Waals surface area contributed by atoms with Gasteiger partial charge in [0.1, 0.15) is 11.4 Å². The average molecular weight is 573 g/mol. The quantitative estimate of drug-likeness (QED) is 0.352. The summed E-state index contributed by atoms with van der Waals surface area (Å²) in [6, 6.07) is 11.1. The lowest BCUT2D eigenvalue weighted by molar-refractivity contribution is -0.144. The van der Waals surface area contributed by atoms with Crippen LogP contribution in [0.4, 0.5) is 11.4 Å². The van der Waals surface area contributed by atoms with Gasteiger partial charge >= 0.3 is 5.97 Å². The van der Waals surface area contributed by atoms with Gasteiger partial charge in [0, 0.05) is 38.9 Å². The first kappa shape index (κ1) is 29.5. The van der Waals surface area contributed by atoms with E-state index in [1.54, 1.807) is 32.9 Å². The van der Waals surface area contributed by atoms with Gasteiger partial charge in [0.25, 0.3) is 15.9 Å². The van der Waals surface area contributed by atoms with Gasteiger partial charge in [-0.05, 0) is 82.0 Å². The molecule has 2 aromatic carbocycles. The zero-order chi connectivity index (χ0) is 29.1. The number of carbonyl (C=O) groups is 2. The highest BCUT2D eigenvalue weighted by atomic mass is 32.2. The summed E-state index contributed by atoms with van der Waals surface area (Å²) in [6.07, 6.45) is 1.86. The highest BCUT2D eigenvalue weighted by Crippen LogP contribution is 2.32. The van der Waals surface area contributed by atoms with Crippen molar-refractivity contribution in [2.45, 2.75) is 57.6 Å². The number of sulfonamides is 1. The van der Waals surface area contributed by atoms with Crippen molar-refractivity contribution >= 4 is 44.3 Å². The molecule has 40 heavy (non-hydrogen) atoms. The molecular weight excluding hydrogens is 536 g/mol. The Morgan fingerprint density at radius 2 is 1.85 bits per heavy atom. The van der Waals surface area contributed by atoms with Gasteiger partial charge in [-0.3, -0.25) is 13.9 Å². The highest BCUT2D eigenvalue weighted by Gasteiger charge is 2.29. The lowest BCUT2D eigenvalue weighted by Gasteiger charge is -2.26. The minimum absolute atomic E-state index is 0.0506. The molecule has 1 amide bonds. The summed E-state index contributed by atoms with van der Waals surface area (Å²) >= 11 is 0. The first-order valence-electron chi connectivity index (χ1n) is 13.3. The minimum atomic E-state index is -3.94. The fraction of sp³-hybridized carbons (Fsp3) is 0.464. The molecule has 1 aliphatic heterocycles. The SMILES string of the molecule is CCN(c1ccc2c(c1)nc(C(C)(C)O)n2CC1CCOCC1)S(=O)(=O)c1ccc(NC(=O)COC(C)=O)cc1. The van der Waals surface area contributed by atoms with Crippen molar-refractivity contribution in [3.05, 3.63) is 48.3 Å². The minimum Gasteiger partial charge on any atom is -0.456 e. The molecule has 4 rings (SSSR count). The number of anilines is 2. The van der Waals surface area contributed by atoms with Crippen LogP contribution in [0.3, 0.4) is 0 Å². The maximum atomic E-state index is 13.6. The molecule has 0 bridgehead atoms. The van der Waals surface area contributed by atoms with Crippen LogP contribution in [-0.4, -0.2) is 61.3 Å². The number of ether oxygens (including phenoxy) is 2. The maximum Gasteiger partial charge on any atom is 0.303 e. The number of esters is 1. The molecule has 216 valence electrons. The van der Waals surface area contributed by atoms with E-state index >= 15 is 0 Å². The molecule has 2 N–H and O–H groups in total. The average Bonchev–Trinajstić information content (AvgIpc) is 3.27. The zero-order valence-corrected chi connectivity index (χ0v) is 24.0. The number of hydrogen-bond acceptors (Lipinski definition) is 8. The van der Waals surface area contributed by atoms with Gasteiger partial charge in [0.05, 0.1) is 21.6 Å². The molecule has 2 heterocycles. The van der Waals surface area contributed by atoms with Crippen LogP contribution in [0.2, 0.25) is 0 Å². The molecule has 0 unspecified atom stereocenters. The second-order valence-corrected chi connectivity index (χ2v) is 12.2.